The highest BCUT2D eigenvalue weighted by Crippen LogP contribution is 1.47. The Hall–Kier alpha value is 0.0499. The number of nitrogens with one attached hydrogen (secondary N) is 2. The van der Waals surface area contributed by atoms with Crippen LogP contribution in [0.3, 0.4) is 0 Å². The van der Waals surface area contributed by atoms with Crippen molar-refractivity contribution in [3.8, 4) is 0 Å². The van der Waals surface area contributed by atoms with Crippen molar-refractivity contribution in [3.63, 3.8) is 0 Å². The lowest BCUT2D eigenvalue weighted by Gasteiger charge is -1.86. The van der Waals surface area contributed by atoms with Crippen LogP contribution < -0.4 is 10.5 Å². The summed E-state index contributed by atoms with van der Waals surface area (Å²) in [7, 11) is 3.75. The standard InChI is InChI=1S/C4H11N.B2H5N/c1-3-5-4-2;1-3-2/h5H,3-4H2,1-2H3;3H,1-2H2. The fourth-order valence-electron chi connectivity index (χ4n) is 0.250. The molecule has 48 valence electrons. The van der Waals surface area contributed by atoms with Crippen molar-refractivity contribution < 1.29 is 0 Å². The van der Waals surface area contributed by atoms with Crippen LogP contribution in [0.25, 0.3) is 0 Å². The van der Waals surface area contributed by atoms with Crippen LogP contribution in [-0.2, 0) is 0 Å². The first-order chi connectivity index (χ1) is 3.83. The molecule has 0 radical (unpaired) electrons. The smallest absolute Gasteiger partial charge is 0.169 e. The van der Waals surface area contributed by atoms with Crippen molar-refractivity contribution in [3.05, 3.63) is 0 Å². The molecule has 0 aromatic carbocycles. The van der Waals surface area contributed by atoms with Gasteiger partial charge in [-0.15, -0.1) is 0 Å². The molecule has 4 heteroatoms. The second kappa shape index (κ2) is 15.7. The van der Waals surface area contributed by atoms with E-state index in [0.29, 0.717) is 0 Å². The Morgan fingerprint density at radius 1 is 1.12 bits per heavy atom. The summed E-state index contributed by atoms with van der Waals surface area (Å²) in [6, 6.07) is 0. The van der Waals surface area contributed by atoms with Crippen LogP contribution in [0.1, 0.15) is 13.8 Å². The van der Waals surface area contributed by atoms with Crippen LogP contribution >= 0.6 is 0 Å². The molecule has 0 rings (SSSR count). The Kier molecular flexibility index (Phi) is 21.5. The van der Waals surface area contributed by atoms with Gasteiger partial charge < -0.3 is 10.5 Å². The molecule has 0 aliphatic rings. The minimum atomic E-state index is 1.09. The Bertz CT molecular complexity index is 26.0. The first-order valence-electron chi connectivity index (χ1n) is 3.12. The topological polar surface area (TPSA) is 24.1 Å². The van der Waals surface area contributed by atoms with Crippen LogP contribution in [0.4, 0.5) is 0 Å². The monoisotopic (exact) mass is 114 g/mol. The largest absolute Gasteiger partial charge is 0.410 e. The Balaban J connectivity index is 0. The van der Waals surface area contributed by atoms with Crippen LogP contribution in [0.2, 0.25) is 0 Å². The minimum Gasteiger partial charge on any atom is -0.410 e. The molecule has 0 amide bonds. The summed E-state index contributed by atoms with van der Waals surface area (Å²) in [6.07, 6.45) is 0. The van der Waals surface area contributed by atoms with Crippen LogP contribution in [0.5, 0.6) is 0 Å². The fraction of sp³-hybridized carbons (Fsp3) is 1.00. The van der Waals surface area contributed by atoms with E-state index in [9.17, 15) is 0 Å². The molecular weight excluding hydrogens is 97.7 g/mol. The van der Waals surface area contributed by atoms with E-state index in [4.69, 9.17) is 0 Å². The van der Waals surface area contributed by atoms with Crippen molar-refractivity contribution in [1.29, 1.82) is 0 Å². The summed E-state index contributed by atoms with van der Waals surface area (Å²) in [6.45, 7) is 6.39. The Morgan fingerprint density at radius 2 is 1.38 bits per heavy atom. The highest BCUT2D eigenvalue weighted by atomic mass is 14.8. The van der Waals surface area contributed by atoms with Gasteiger partial charge in [-0.05, 0) is 13.1 Å². The quantitative estimate of drug-likeness (QED) is 0.417. The van der Waals surface area contributed by atoms with Gasteiger partial charge in [-0.25, -0.2) is 0 Å². The van der Waals surface area contributed by atoms with E-state index in [0.717, 1.165) is 13.1 Å². The average molecular weight is 114 g/mol. The molecule has 2 N–H and O–H groups in total. The number of rotatable bonds is 2. The molecule has 0 unspecified atom stereocenters. The molecule has 8 heavy (non-hydrogen) atoms. The predicted octanol–water partition coefficient (Wildman–Crippen LogP) is -1.71. The molecule has 0 saturated heterocycles. The van der Waals surface area contributed by atoms with Gasteiger partial charge in [-0.3, -0.25) is 0 Å². The first kappa shape index (κ1) is 10.9. The zero-order valence-electron chi connectivity index (χ0n) is 6.41. The lowest BCUT2D eigenvalue weighted by Crippen LogP contribution is -2.09. The summed E-state index contributed by atoms with van der Waals surface area (Å²) in [5.41, 5.74) is 0. The van der Waals surface area contributed by atoms with Gasteiger partial charge in [0.1, 0.15) is 0 Å². The SMILES string of the molecule is BNB.CCNCC. The van der Waals surface area contributed by atoms with E-state index >= 15 is 0 Å². The van der Waals surface area contributed by atoms with Crippen molar-refractivity contribution in [1.82, 2.24) is 10.5 Å². The van der Waals surface area contributed by atoms with Gasteiger partial charge in [0.05, 0.1) is 0 Å². The van der Waals surface area contributed by atoms with Crippen molar-refractivity contribution >= 4 is 16.0 Å². The lowest BCUT2D eigenvalue weighted by molar-refractivity contribution is 0.762. The molecule has 0 spiro atoms. The average Bonchev–Trinajstić information content (AvgIpc) is 1.71. The number of hydrogen-bond acceptors (Lipinski definition) is 2. The highest BCUT2D eigenvalue weighted by molar-refractivity contribution is 6.25. The molecule has 0 saturated carbocycles. The molecule has 0 bridgehead atoms. The Labute approximate surface area is 54.3 Å². The third kappa shape index (κ3) is 36.7. The van der Waals surface area contributed by atoms with Gasteiger partial charge in [0.2, 0.25) is 0 Å². The highest BCUT2D eigenvalue weighted by Gasteiger charge is 1.62. The molecule has 0 heterocycles. The summed E-state index contributed by atoms with van der Waals surface area (Å²) < 4.78 is 0. The summed E-state index contributed by atoms with van der Waals surface area (Å²) in [5.74, 6) is 0. The zero-order chi connectivity index (χ0) is 6.83. The third-order valence-corrected chi connectivity index (χ3v) is 0.500. The van der Waals surface area contributed by atoms with Gasteiger partial charge in [0, 0.05) is 0 Å². The minimum absolute atomic E-state index is 1.09. The molecule has 0 aliphatic heterocycles. The predicted molar refractivity (Wildman–Crippen MR) is 44.4 cm³/mol. The molecule has 0 atom stereocenters. The van der Waals surface area contributed by atoms with Crippen molar-refractivity contribution in [2.45, 2.75) is 13.8 Å². The van der Waals surface area contributed by atoms with E-state index in [-0.39, 0.29) is 0 Å². The first-order valence-corrected chi connectivity index (χ1v) is 3.12. The van der Waals surface area contributed by atoms with Crippen molar-refractivity contribution in [2.75, 3.05) is 13.1 Å². The van der Waals surface area contributed by atoms with Crippen LogP contribution in [0, 0.1) is 0 Å². The second-order valence-electron chi connectivity index (χ2n) is 1.46. The van der Waals surface area contributed by atoms with E-state index < -0.39 is 0 Å². The summed E-state index contributed by atoms with van der Waals surface area (Å²) in [4.78, 5) is 0. The zero-order valence-corrected chi connectivity index (χ0v) is 6.41. The lowest BCUT2D eigenvalue weighted by atomic mass is 10.3. The Morgan fingerprint density at radius 3 is 1.38 bits per heavy atom. The molecule has 0 aromatic rings. The normalized spacial score (nSPS) is 7.25. The van der Waals surface area contributed by atoms with Crippen LogP contribution in [-0.4, -0.2) is 29.1 Å². The van der Waals surface area contributed by atoms with Gasteiger partial charge in [0.25, 0.3) is 0 Å². The second-order valence-corrected chi connectivity index (χ2v) is 1.46. The van der Waals surface area contributed by atoms with E-state index in [1.54, 1.807) is 0 Å². The summed E-state index contributed by atoms with van der Waals surface area (Å²) in [5, 5.41) is 5.86. The van der Waals surface area contributed by atoms with Crippen molar-refractivity contribution in [2.24, 2.45) is 0 Å². The molecule has 2 nitrogen and oxygen atoms in total. The summed E-state index contributed by atoms with van der Waals surface area (Å²) >= 11 is 0. The number of hydrogen-bond donors (Lipinski definition) is 2. The maximum absolute atomic E-state index is 3.11. The molecule has 0 aromatic heterocycles. The van der Waals surface area contributed by atoms with Gasteiger partial charge in [-0.2, -0.15) is 0 Å². The molecule has 0 aliphatic carbocycles. The van der Waals surface area contributed by atoms with E-state index in [2.05, 4.69) is 24.3 Å². The van der Waals surface area contributed by atoms with Gasteiger partial charge in [-0.1, -0.05) is 13.8 Å². The third-order valence-electron chi connectivity index (χ3n) is 0.500. The maximum Gasteiger partial charge on any atom is 0.169 e. The van der Waals surface area contributed by atoms with Gasteiger partial charge >= 0.3 is 0 Å². The molecule has 0 fully saturated rings. The maximum atomic E-state index is 3.11. The van der Waals surface area contributed by atoms with E-state index in [1.807, 2.05) is 16.0 Å². The molecular formula is C4H16B2N2. The fourth-order valence-corrected chi connectivity index (χ4v) is 0.250. The van der Waals surface area contributed by atoms with Crippen LogP contribution in [0.15, 0.2) is 0 Å². The van der Waals surface area contributed by atoms with Gasteiger partial charge in [0.15, 0.2) is 16.0 Å². The van der Waals surface area contributed by atoms with E-state index in [1.165, 1.54) is 0 Å².